The number of aliphatic hydroxyl groups excluding tert-OH is 1. The first-order chi connectivity index (χ1) is 8.54. The van der Waals surface area contributed by atoms with Gasteiger partial charge in [-0.05, 0) is 23.8 Å². The quantitative estimate of drug-likeness (QED) is 0.857. The molecule has 0 aliphatic heterocycles. The van der Waals surface area contributed by atoms with Crippen molar-refractivity contribution in [2.24, 2.45) is 0 Å². The number of aromatic nitrogens is 1. The van der Waals surface area contributed by atoms with Crippen molar-refractivity contribution >= 4 is 46.4 Å². The van der Waals surface area contributed by atoms with E-state index in [0.717, 1.165) is 0 Å². The lowest BCUT2D eigenvalue weighted by molar-refractivity contribution is 0.282. The highest BCUT2D eigenvalue weighted by atomic mass is 35.5. The zero-order valence-corrected chi connectivity index (χ0v) is 11.9. The van der Waals surface area contributed by atoms with Gasteiger partial charge < -0.3 is 5.11 Å². The van der Waals surface area contributed by atoms with Gasteiger partial charge in [-0.15, -0.1) is 0 Å². The number of benzene rings is 1. The molecule has 0 amide bonds. The zero-order valence-electron chi connectivity index (χ0n) is 8.92. The number of halogens is 4. The molecule has 0 bridgehead atoms. The molecule has 1 heterocycles. The fourth-order valence-corrected chi connectivity index (χ4v) is 2.81. The summed E-state index contributed by atoms with van der Waals surface area (Å²) in [6.45, 7) is -0.183. The molecule has 0 spiro atoms. The molecular formula is C12H7Cl4NO. The molecule has 0 radical (unpaired) electrons. The highest BCUT2D eigenvalue weighted by molar-refractivity contribution is 6.43. The van der Waals surface area contributed by atoms with Gasteiger partial charge in [0.05, 0.1) is 27.4 Å². The summed E-state index contributed by atoms with van der Waals surface area (Å²) in [5.74, 6) is 0. The summed E-state index contributed by atoms with van der Waals surface area (Å²) in [5.41, 5.74) is 1.49. The molecule has 2 rings (SSSR count). The standard InChI is InChI=1S/C12H7Cl4NO/c13-7-3-8(14)10(9(15)4-7)12-11(16)6(5-18)1-2-17-12/h1-4,18H,5H2. The predicted octanol–water partition coefficient (Wildman–Crippen LogP) is 4.85. The largest absolute Gasteiger partial charge is 0.392 e. The molecule has 2 nitrogen and oxygen atoms in total. The van der Waals surface area contributed by atoms with Gasteiger partial charge in [0, 0.05) is 16.8 Å². The molecule has 94 valence electrons. The van der Waals surface area contributed by atoms with E-state index >= 15 is 0 Å². The summed E-state index contributed by atoms with van der Waals surface area (Å²) in [7, 11) is 0. The molecule has 0 atom stereocenters. The van der Waals surface area contributed by atoms with E-state index in [0.29, 0.717) is 36.9 Å². The van der Waals surface area contributed by atoms with Crippen molar-refractivity contribution in [1.29, 1.82) is 0 Å². The van der Waals surface area contributed by atoms with Gasteiger partial charge in [-0.3, -0.25) is 4.98 Å². The van der Waals surface area contributed by atoms with Crippen molar-refractivity contribution in [1.82, 2.24) is 4.98 Å². The number of nitrogens with zero attached hydrogens (tertiary/aromatic N) is 1. The Morgan fingerprint density at radius 2 is 1.67 bits per heavy atom. The minimum Gasteiger partial charge on any atom is -0.392 e. The minimum atomic E-state index is -0.183. The Bertz CT molecular complexity index is 578. The number of pyridine rings is 1. The van der Waals surface area contributed by atoms with Crippen LogP contribution in [0.3, 0.4) is 0 Å². The van der Waals surface area contributed by atoms with Gasteiger partial charge in [0.1, 0.15) is 0 Å². The van der Waals surface area contributed by atoms with Crippen LogP contribution in [0.2, 0.25) is 20.1 Å². The monoisotopic (exact) mass is 321 g/mol. The van der Waals surface area contributed by atoms with Crippen molar-refractivity contribution < 1.29 is 5.11 Å². The smallest absolute Gasteiger partial charge is 0.0921 e. The van der Waals surface area contributed by atoms with Crippen LogP contribution in [0.25, 0.3) is 11.3 Å². The molecule has 0 fully saturated rings. The average molecular weight is 323 g/mol. The van der Waals surface area contributed by atoms with Gasteiger partial charge in [-0.1, -0.05) is 46.4 Å². The van der Waals surface area contributed by atoms with Crippen LogP contribution in [0.15, 0.2) is 24.4 Å². The summed E-state index contributed by atoms with van der Waals surface area (Å²) >= 11 is 24.2. The highest BCUT2D eigenvalue weighted by Crippen LogP contribution is 2.39. The Morgan fingerprint density at radius 1 is 1.06 bits per heavy atom. The molecule has 1 aromatic heterocycles. The second-order valence-electron chi connectivity index (χ2n) is 3.54. The van der Waals surface area contributed by atoms with E-state index in [2.05, 4.69) is 4.98 Å². The fourth-order valence-electron chi connectivity index (χ4n) is 1.55. The van der Waals surface area contributed by atoms with Crippen LogP contribution in [-0.4, -0.2) is 10.1 Å². The summed E-state index contributed by atoms with van der Waals surface area (Å²) in [6, 6.07) is 4.76. The molecule has 0 unspecified atom stereocenters. The van der Waals surface area contributed by atoms with E-state index in [1.165, 1.54) is 6.20 Å². The third-order valence-corrected chi connectivity index (χ3v) is 3.62. The second-order valence-corrected chi connectivity index (χ2v) is 5.16. The molecule has 6 heteroatoms. The van der Waals surface area contributed by atoms with E-state index in [9.17, 15) is 5.11 Å². The van der Waals surface area contributed by atoms with E-state index in [-0.39, 0.29) is 6.61 Å². The summed E-state index contributed by atoms with van der Waals surface area (Å²) < 4.78 is 0. The SMILES string of the molecule is OCc1ccnc(-c2c(Cl)cc(Cl)cc2Cl)c1Cl. The minimum absolute atomic E-state index is 0.183. The van der Waals surface area contributed by atoms with Crippen LogP contribution in [-0.2, 0) is 6.61 Å². The van der Waals surface area contributed by atoms with Crippen molar-refractivity contribution in [3.8, 4) is 11.3 Å². The van der Waals surface area contributed by atoms with Crippen molar-refractivity contribution in [3.05, 3.63) is 50.0 Å². The van der Waals surface area contributed by atoms with Gasteiger partial charge in [0.15, 0.2) is 0 Å². The van der Waals surface area contributed by atoms with E-state index in [1.807, 2.05) is 0 Å². The highest BCUT2D eigenvalue weighted by Gasteiger charge is 2.16. The van der Waals surface area contributed by atoms with Gasteiger partial charge in [-0.2, -0.15) is 0 Å². The summed E-state index contributed by atoms with van der Waals surface area (Å²) in [4.78, 5) is 4.15. The molecule has 2 aromatic rings. The maximum absolute atomic E-state index is 9.17. The van der Waals surface area contributed by atoms with E-state index in [1.54, 1.807) is 18.2 Å². The molecule has 0 saturated heterocycles. The molecule has 18 heavy (non-hydrogen) atoms. The normalized spacial score (nSPS) is 10.7. The molecule has 1 aromatic carbocycles. The Balaban J connectivity index is 2.70. The molecule has 0 saturated carbocycles. The van der Waals surface area contributed by atoms with Crippen LogP contribution < -0.4 is 0 Å². The van der Waals surface area contributed by atoms with Crippen LogP contribution >= 0.6 is 46.4 Å². The van der Waals surface area contributed by atoms with Crippen LogP contribution in [0.5, 0.6) is 0 Å². The average Bonchev–Trinajstić information content (AvgIpc) is 2.30. The number of aliphatic hydroxyl groups is 1. The van der Waals surface area contributed by atoms with E-state index < -0.39 is 0 Å². The van der Waals surface area contributed by atoms with Gasteiger partial charge in [0.25, 0.3) is 0 Å². The molecule has 0 aliphatic carbocycles. The van der Waals surface area contributed by atoms with Crippen molar-refractivity contribution in [3.63, 3.8) is 0 Å². The third-order valence-electron chi connectivity index (χ3n) is 2.38. The topological polar surface area (TPSA) is 33.1 Å². The first-order valence-electron chi connectivity index (χ1n) is 4.93. The lowest BCUT2D eigenvalue weighted by atomic mass is 10.1. The van der Waals surface area contributed by atoms with Gasteiger partial charge in [-0.25, -0.2) is 0 Å². The third kappa shape index (κ3) is 2.58. The Hall–Kier alpha value is -0.510. The first kappa shape index (κ1) is 13.9. The van der Waals surface area contributed by atoms with Crippen LogP contribution in [0, 0.1) is 0 Å². The van der Waals surface area contributed by atoms with Crippen LogP contribution in [0.1, 0.15) is 5.56 Å². The Labute approximate surface area is 124 Å². The molecule has 1 N–H and O–H groups in total. The number of hydrogen-bond donors (Lipinski definition) is 1. The first-order valence-corrected chi connectivity index (χ1v) is 6.45. The zero-order chi connectivity index (χ0) is 13.3. The van der Waals surface area contributed by atoms with E-state index in [4.69, 9.17) is 46.4 Å². The molecular weight excluding hydrogens is 316 g/mol. The van der Waals surface area contributed by atoms with Gasteiger partial charge >= 0.3 is 0 Å². The Morgan fingerprint density at radius 3 is 2.22 bits per heavy atom. The maximum atomic E-state index is 9.17. The number of hydrogen-bond acceptors (Lipinski definition) is 2. The summed E-state index contributed by atoms with van der Waals surface area (Å²) in [6.07, 6.45) is 1.54. The summed E-state index contributed by atoms with van der Waals surface area (Å²) in [5, 5.41) is 10.6. The fraction of sp³-hybridized carbons (Fsp3) is 0.0833. The molecule has 0 aliphatic rings. The Kier molecular flexibility index (Phi) is 4.36. The van der Waals surface area contributed by atoms with Crippen molar-refractivity contribution in [2.75, 3.05) is 0 Å². The van der Waals surface area contributed by atoms with Gasteiger partial charge in [0.2, 0.25) is 0 Å². The maximum Gasteiger partial charge on any atom is 0.0921 e. The van der Waals surface area contributed by atoms with Crippen LogP contribution in [0.4, 0.5) is 0 Å². The second kappa shape index (κ2) is 5.64. The van der Waals surface area contributed by atoms with Crippen molar-refractivity contribution in [2.45, 2.75) is 6.61 Å². The number of rotatable bonds is 2. The predicted molar refractivity (Wildman–Crippen MR) is 75.6 cm³/mol. The lowest BCUT2D eigenvalue weighted by Gasteiger charge is -2.10. The lowest BCUT2D eigenvalue weighted by Crippen LogP contribution is -1.93.